The van der Waals surface area contributed by atoms with Crippen molar-refractivity contribution in [3.8, 4) is 6.07 Å². The van der Waals surface area contributed by atoms with Crippen LogP contribution in [0.5, 0.6) is 0 Å². The smallest absolute Gasteiger partial charge is 0.206 e. The number of fused-ring (bicyclic) bond motifs is 1. The lowest BCUT2D eigenvalue weighted by molar-refractivity contribution is 0.170. The van der Waals surface area contributed by atoms with E-state index in [0.717, 1.165) is 22.4 Å². The molecule has 0 aliphatic heterocycles. The number of H-pyrrole nitrogens is 1. The quantitative estimate of drug-likeness (QED) is 0.549. The molecule has 1 aliphatic rings. The van der Waals surface area contributed by atoms with Gasteiger partial charge in [0.25, 0.3) is 0 Å². The van der Waals surface area contributed by atoms with E-state index in [2.05, 4.69) is 31.8 Å². The van der Waals surface area contributed by atoms with Crippen LogP contribution in [0, 0.1) is 11.3 Å². The van der Waals surface area contributed by atoms with Gasteiger partial charge in [0, 0.05) is 17.1 Å². The molecule has 1 fully saturated rings. The van der Waals surface area contributed by atoms with Gasteiger partial charge < -0.3 is 20.7 Å². The maximum atomic E-state index is 9.59. The van der Waals surface area contributed by atoms with Gasteiger partial charge in [0.2, 0.25) is 5.95 Å². The zero-order valence-electron chi connectivity index (χ0n) is 13.8. The van der Waals surface area contributed by atoms with Crippen LogP contribution in [0.4, 0.5) is 17.5 Å². The number of aliphatic hydroxyl groups excluding tert-OH is 1. The molecule has 8 nitrogen and oxygen atoms in total. The minimum atomic E-state index is -0.534. The van der Waals surface area contributed by atoms with E-state index in [4.69, 9.17) is 0 Å². The molecule has 128 valence electrons. The van der Waals surface area contributed by atoms with Crippen molar-refractivity contribution >= 4 is 28.4 Å². The summed E-state index contributed by atoms with van der Waals surface area (Å²) in [6.07, 6.45) is 3.63. The second-order valence-corrected chi connectivity index (χ2v) is 6.41. The zero-order chi connectivity index (χ0) is 17.4. The van der Waals surface area contributed by atoms with Crippen molar-refractivity contribution in [2.75, 3.05) is 10.6 Å². The highest BCUT2D eigenvalue weighted by Gasteiger charge is 2.21. The van der Waals surface area contributed by atoms with E-state index in [-0.39, 0.29) is 0 Å². The molecule has 1 saturated carbocycles. The first-order valence-corrected chi connectivity index (χ1v) is 8.29. The lowest BCUT2D eigenvalue weighted by Gasteiger charge is -2.07. The van der Waals surface area contributed by atoms with E-state index in [9.17, 15) is 10.4 Å². The van der Waals surface area contributed by atoms with Crippen LogP contribution in [-0.2, 0) is 6.54 Å². The van der Waals surface area contributed by atoms with Gasteiger partial charge in [0.1, 0.15) is 11.9 Å². The summed E-state index contributed by atoms with van der Waals surface area (Å²) in [5, 5.41) is 30.5. The molecular formula is C17H19N7O. The number of hydrogen-bond donors (Lipinski definition) is 4. The number of imidazole rings is 1. The summed E-state index contributed by atoms with van der Waals surface area (Å²) in [6.45, 7) is 2.04. The molecule has 1 aromatic carbocycles. The number of aliphatic hydroxyl groups is 1. The third-order valence-electron chi connectivity index (χ3n) is 4.07. The van der Waals surface area contributed by atoms with Crippen LogP contribution >= 0.6 is 0 Å². The van der Waals surface area contributed by atoms with Crippen LogP contribution in [0.15, 0.2) is 24.4 Å². The maximum Gasteiger partial charge on any atom is 0.206 e. The molecule has 0 bridgehead atoms. The Bertz CT molecular complexity index is 946. The standard InChI is InChI=1S/C17H19N7O/c1-10(25)9-24-15-5-4-12(6-13(15)14(7-18)23-24)21-17-19-8-16(22-17)20-11-2-3-11/h4-6,8,10-11,20,25H,2-3,9H2,1H3,(H2,19,21,22)/t10-/m1/s1. The first kappa shape index (κ1) is 15.5. The molecule has 4 N–H and O–H groups in total. The number of rotatable bonds is 6. The molecule has 0 amide bonds. The minimum absolute atomic E-state index is 0.342. The Kier molecular flexibility index (Phi) is 3.78. The number of nitrogens with zero attached hydrogens (tertiary/aromatic N) is 4. The third-order valence-corrected chi connectivity index (χ3v) is 4.07. The molecule has 3 aromatic rings. The van der Waals surface area contributed by atoms with Crippen LogP contribution in [0.25, 0.3) is 10.9 Å². The second kappa shape index (κ2) is 6.11. The molecule has 0 radical (unpaired) electrons. The van der Waals surface area contributed by atoms with Crippen molar-refractivity contribution in [1.82, 2.24) is 19.7 Å². The van der Waals surface area contributed by atoms with Crippen molar-refractivity contribution in [3.05, 3.63) is 30.1 Å². The Balaban J connectivity index is 1.59. The van der Waals surface area contributed by atoms with Gasteiger partial charge in [-0.2, -0.15) is 10.4 Å². The van der Waals surface area contributed by atoms with Crippen molar-refractivity contribution in [2.45, 2.75) is 38.5 Å². The molecule has 0 saturated heterocycles. The molecule has 1 atom stereocenters. The fourth-order valence-electron chi connectivity index (χ4n) is 2.77. The summed E-state index contributed by atoms with van der Waals surface area (Å²) in [6, 6.07) is 8.33. The normalized spacial score (nSPS) is 15.1. The number of nitriles is 1. The van der Waals surface area contributed by atoms with E-state index in [1.54, 1.807) is 17.8 Å². The van der Waals surface area contributed by atoms with Gasteiger partial charge in [-0.25, -0.2) is 4.98 Å². The molecule has 2 aromatic heterocycles. The van der Waals surface area contributed by atoms with Gasteiger partial charge in [0.15, 0.2) is 5.69 Å². The molecular weight excluding hydrogens is 318 g/mol. The van der Waals surface area contributed by atoms with Crippen molar-refractivity contribution in [3.63, 3.8) is 0 Å². The topological polar surface area (TPSA) is 115 Å². The SMILES string of the molecule is C[C@@H](O)Cn1nc(C#N)c2cc(Nc3ncc(NC4CC4)[nH]3)ccc21. The summed E-state index contributed by atoms with van der Waals surface area (Å²) in [5.74, 6) is 1.53. The summed E-state index contributed by atoms with van der Waals surface area (Å²) >= 11 is 0. The number of anilines is 3. The summed E-state index contributed by atoms with van der Waals surface area (Å²) in [5.41, 5.74) is 1.97. The van der Waals surface area contributed by atoms with E-state index in [1.165, 1.54) is 12.8 Å². The molecule has 25 heavy (non-hydrogen) atoms. The summed E-state index contributed by atoms with van der Waals surface area (Å²) in [4.78, 5) is 7.50. The average molecular weight is 337 g/mol. The van der Waals surface area contributed by atoms with E-state index in [0.29, 0.717) is 24.2 Å². The number of aromatic amines is 1. The number of aromatic nitrogens is 4. The summed E-state index contributed by atoms with van der Waals surface area (Å²) < 4.78 is 1.66. The highest BCUT2D eigenvalue weighted by atomic mass is 16.3. The fraction of sp³-hybridized carbons (Fsp3) is 0.353. The molecule has 2 heterocycles. The molecule has 1 aliphatic carbocycles. The Morgan fingerprint density at radius 3 is 3.04 bits per heavy atom. The van der Waals surface area contributed by atoms with Crippen LogP contribution < -0.4 is 10.6 Å². The highest BCUT2D eigenvalue weighted by Crippen LogP contribution is 2.26. The van der Waals surface area contributed by atoms with E-state index < -0.39 is 6.10 Å². The van der Waals surface area contributed by atoms with Gasteiger partial charge >= 0.3 is 0 Å². The minimum Gasteiger partial charge on any atom is -0.391 e. The van der Waals surface area contributed by atoms with Crippen LogP contribution in [0.3, 0.4) is 0 Å². The molecule has 0 unspecified atom stereocenters. The lowest BCUT2D eigenvalue weighted by atomic mass is 10.2. The van der Waals surface area contributed by atoms with Crippen molar-refractivity contribution in [2.24, 2.45) is 0 Å². The van der Waals surface area contributed by atoms with E-state index >= 15 is 0 Å². The molecule has 4 rings (SSSR count). The molecule has 8 heteroatoms. The van der Waals surface area contributed by atoms with Gasteiger partial charge in [-0.1, -0.05) is 0 Å². The summed E-state index contributed by atoms with van der Waals surface area (Å²) in [7, 11) is 0. The van der Waals surface area contributed by atoms with Gasteiger partial charge in [-0.3, -0.25) is 4.68 Å². The Labute approximate surface area is 144 Å². The first-order chi connectivity index (χ1) is 12.1. The van der Waals surface area contributed by atoms with Crippen molar-refractivity contribution < 1.29 is 5.11 Å². The second-order valence-electron chi connectivity index (χ2n) is 6.41. The van der Waals surface area contributed by atoms with Crippen LogP contribution in [0.2, 0.25) is 0 Å². The zero-order valence-corrected chi connectivity index (χ0v) is 13.8. The predicted octanol–water partition coefficient (Wildman–Crippen LogP) is 2.33. The van der Waals surface area contributed by atoms with Gasteiger partial charge in [-0.05, 0) is 38.0 Å². The molecule has 0 spiro atoms. The Hall–Kier alpha value is -3.05. The number of benzene rings is 1. The average Bonchev–Trinajstić information content (AvgIpc) is 3.18. The van der Waals surface area contributed by atoms with E-state index in [1.807, 2.05) is 18.2 Å². The number of hydrogen-bond acceptors (Lipinski definition) is 6. The predicted molar refractivity (Wildman–Crippen MR) is 94.6 cm³/mol. The fourth-order valence-corrected chi connectivity index (χ4v) is 2.77. The monoisotopic (exact) mass is 337 g/mol. The highest BCUT2D eigenvalue weighted by molar-refractivity contribution is 5.88. The third kappa shape index (κ3) is 3.27. The Morgan fingerprint density at radius 1 is 1.48 bits per heavy atom. The Morgan fingerprint density at radius 2 is 2.32 bits per heavy atom. The van der Waals surface area contributed by atoms with Crippen LogP contribution in [-0.4, -0.2) is 37.0 Å². The number of nitrogens with one attached hydrogen (secondary N) is 3. The first-order valence-electron chi connectivity index (χ1n) is 8.29. The van der Waals surface area contributed by atoms with Crippen molar-refractivity contribution in [1.29, 1.82) is 5.26 Å². The largest absolute Gasteiger partial charge is 0.391 e. The van der Waals surface area contributed by atoms with Gasteiger partial charge in [0.05, 0.1) is 24.4 Å². The lowest BCUT2D eigenvalue weighted by Crippen LogP contribution is -2.12. The maximum absolute atomic E-state index is 9.59. The van der Waals surface area contributed by atoms with Gasteiger partial charge in [-0.15, -0.1) is 0 Å². The van der Waals surface area contributed by atoms with Crippen LogP contribution in [0.1, 0.15) is 25.5 Å².